The maximum atomic E-state index is 3.99. The monoisotopic (exact) mass is 168 g/mol. The second kappa shape index (κ2) is 3.65. The normalized spacial score (nSPS) is 11.9. The molecule has 4 heteroatoms. The highest BCUT2D eigenvalue weighted by Crippen LogP contribution is 2.24. The Hall–Kier alpha value is -0.930. The lowest BCUT2D eigenvalue weighted by Gasteiger charge is -2.19. The van der Waals surface area contributed by atoms with Crippen LogP contribution in [0, 0.1) is 0 Å². The Labute approximate surface area is 72.8 Å². The minimum absolute atomic E-state index is 0.0585. The van der Waals surface area contributed by atoms with Gasteiger partial charge in [0.2, 0.25) is 0 Å². The van der Waals surface area contributed by atoms with Crippen LogP contribution in [0.4, 0.5) is 0 Å². The number of nitrogens with zero attached hydrogens (tertiary/aromatic N) is 3. The highest BCUT2D eigenvalue weighted by molar-refractivity contribution is 4.98. The van der Waals surface area contributed by atoms with Crippen LogP contribution >= 0.6 is 0 Å². The van der Waals surface area contributed by atoms with Crippen molar-refractivity contribution in [2.45, 2.75) is 45.4 Å². The molecule has 12 heavy (non-hydrogen) atoms. The molecule has 0 aliphatic heterocycles. The molecular weight excluding hydrogens is 152 g/mol. The van der Waals surface area contributed by atoms with Crippen molar-refractivity contribution in [1.82, 2.24) is 20.6 Å². The van der Waals surface area contributed by atoms with Crippen molar-refractivity contribution >= 4 is 0 Å². The summed E-state index contributed by atoms with van der Waals surface area (Å²) in [4.78, 5) is 0. The third-order valence-electron chi connectivity index (χ3n) is 2.11. The molecule has 0 atom stereocenters. The number of aromatic amines is 1. The predicted octanol–water partition coefficient (Wildman–Crippen LogP) is 1.67. The molecule has 0 radical (unpaired) electrons. The molecule has 0 bridgehead atoms. The Morgan fingerprint density at radius 3 is 2.67 bits per heavy atom. The molecular formula is C8H16N4. The van der Waals surface area contributed by atoms with Gasteiger partial charge >= 0.3 is 0 Å². The lowest BCUT2D eigenvalue weighted by Crippen LogP contribution is -2.19. The molecule has 1 N–H and O–H groups in total. The number of hydrogen-bond acceptors (Lipinski definition) is 3. The third-order valence-corrected chi connectivity index (χ3v) is 2.11. The molecule has 0 aliphatic rings. The van der Waals surface area contributed by atoms with E-state index in [-0.39, 0.29) is 5.41 Å². The maximum Gasteiger partial charge on any atom is 0.180 e. The summed E-state index contributed by atoms with van der Waals surface area (Å²) >= 11 is 0. The molecule has 4 nitrogen and oxygen atoms in total. The van der Waals surface area contributed by atoms with Crippen LogP contribution in [0.3, 0.4) is 0 Å². The van der Waals surface area contributed by atoms with Crippen LogP contribution in [0.5, 0.6) is 0 Å². The molecule has 0 unspecified atom stereocenters. The van der Waals surface area contributed by atoms with Crippen molar-refractivity contribution < 1.29 is 0 Å². The van der Waals surface area contributed by atoms with Gasteiger partial charge in [0.15, 0.2) is 5.82 Å². The molecule has 0 aliphatic carbocycles. The fraction of sp³-hybridized carbons (Fsp3) is 0.875. The van der Waals surface area contributed by atoms with Gasteiger partial charge in [-0.05, 0) is 6.42 Å². The second-order valence-corrected chi connectivity index (χ2v) is 3.72. The van der Waals surface area contributed by atoms with Crippen molar-refractivity contribution in [3.05, 3.63) is 5.82 Å². The van der Waals surface area contributed by atoms with E-state index >= 15 is 0 Å². The summed E-state index contributed by atoms with van der Waals surface area (Å²) in [7, 11) is 0. The van der Waals surface area contributed by atoms with E-state index in [1.54, 1.807) is 0 Å². The summed E-state index contributed by atoms with van der Waals surface area (Å²) in [6.07, 6.45) is 3.53. The lowest BCUT2D eigenvalue weighted by atomic mass is 9.86. The van der Waals surface area contributed by atoms with Crippen molar-refractivity contribution in [1.29, 1.82) is 0 Å². The Morgan fingerprint density at radius 1 is 1.42 bits per heavy atom. The Bertz CT molecular complexity index is 215. The lowest BCUT2D eigenvalue weighted by molar-refractivity contribution is 0.432. The van der Waals surface area contributed by atoms with Gasteiger partial charge in [-0.15, -0.1) is 10.2 Å². The quantitative estimate of drug-likeness (QED) is 0.744. The molecule has 68 valence electrons. The van der Waals surface area contributed by atoms with Gasteiger partial charge in [-0.25, -0.2) is 0 Å². The highest BCUT2D eigenvalue weighted by Gasteiger charge is 2.24. The fourth-order valence-corrected chi connectivity index (χ4v) is 1.18. The van der Waals surface area contributed by atoms with E-state index in [1.165, 1.54) is 12.8 Å². The number of hydrogen-bond donors (Lipinski definition) is 1. The summed E-state index contributed by atoms with van der Waals surface area (Å²) < 4.78 is 0. The number of nitrogens with one attached hydrogen (secondary N) is 1. The van der Waals surface area contributed by atoms with Crippen LogP contribution < -0.4 is 0 Å². The molecule has 1 heterocycles. The molecule has 0 aromatic carbocycles. The van der Waals surface area contributed by atoms with Crippen LogP contribution in [-0.2, 0) is 5.41 Å². The van der Waals surface area contributed by atoms with E-state index in [1.807, 2.05) is 0 Å². The largest absolute Gasteiger partial charge is 0.180 e. The minimum atomic E-state index is 0.0585. The molecule has 1 aromatic heterocycles. The van der Waals surface area contributed by atoms with Gasteiger partial charge in [-0.1, -0.05) is 38.8 Å². The van der Waals surface area contributed by atoms with Gasteiger partial charge in [0, 0.05) is 5.41 Å². The average molecular weight is 168 g/mol. The van der Waals surface area contributed by atoms with Crippen LogP contribution in [0.15, 0.2) is 0 Å². The smallest absolute Gasteiger partial charge is 0.177 e. The first kappa shape index (κ1) is 9.16. The average Bonchev–Trinajstić information content (AvgIpc) is 2.53. The van der Waals surface area contributed by atoms with Crippen molar-refractivity contribution in [3.8, 4) is 0 Å². The van der Waals surface area contributed by atoms with Gasteiger partial charge in [-0.2, -0.15) is 5.21 Å². The summed E-state index contributed by atoms with van der Waals surface area (Å²) in [5.41, 5.74) is 0.0585. The Morgan fingerprint density at radius 2 is 2.17 bits per heavy atom. The zero-order valence-corrected chi connectivity index (χ0v) is 7.96. The number of unbranched alkanes of at least 4 members (excludes halogenated alkanes) is 1. The topological polar surface area (TPSA) is 54.5 Å². The first-order valence-electron chi connectivity index (χ1n) is 4.41. The molecule has 1 aromatic rings. The number of rotatable bonds is 4. The number of aromatic nitrogens is 4. The summed E-state index contributed by atoms with van der Waals surface area (Å²) in [6.45, 7) is 6.48. The highest BCUT2D eigenvalue weighted by atomic mass is 15.5. The van der Waals surface area contributed by atoms with Gasteiger partial charge in [-0.3, -0.25) is 0 Å². The van der Waals surface area contributed by atoms with Crippen molar-refractivity contribution in [3.63, 3.8) is 0 Å². The first-order chi connectivity index (χ1) is 5.67. The van der Waals surface area contributed by atoms with E-state index in [2.05, 4.69) is 41.4 Å². The van der Waals surface area contributed by atoms with E-state index in [0.717, 1.165) is 12.2 Å². The molecule has 0 fully saturated rings. The van der Waals surface area contributed by atoms with Crippen LogP contribution in [-0.4, -0.2) is 20.6 Å². The van der Waals surface area contributed by atoms with E-state index in [0.29, 0.717) is 0 Å². The van der Waals surface area contributed by atoms with Crippen molar-refractivity contribution in [2.24, 2.45) is 0 Å². The summed E-state index contributed by atoms with van der Waals surface area (Å²) in [6, 6.07) is 0. The predicted molar refractivity (Wildman–Crippen MR) is 46.7 cm³/mol. The number of H-pyrrole nitrogens is 1. The third kappa shape index (κ3) is 2.03. The molecule has 1 rings (SSSR count). The standard InChI is InChI=1S/C8H16N4/c1-4-5-6-8(2,3)7-9-11-12-10-7/h4-6H2,1-3H3,(H,9,10,11,12). The Balaban J connectivity index is 2.59. The van der Waals surface area contributed by atoms with Crippen molar-refractivity contribution in [2.75, 3.05) is 0 Å². The SMILES string of the molecule is CCCCC(C)(C)c1nn[nH]n1. The fourth-order valence-electron chi connectivity index (χ4n) is 1.18. The van der Waals surface area contributed by atoms with E-state index in [9.17, 15) is 0 Å². The van der Waals surface area contributed by atoms with Gasteiger partial charge < -0.3 is 0 Å². The molecule has 0 spiro atoms. The van der Waals surface area contributed by atoms with Gasteiger partial charge in [0.05, 0.1) is 0 Å². The zero-order chi connectivity index (χ0) is 9.03. The van der Waals surface area contributed by atoms with Gasteiger partial charge in [0.25, 0.3) is 0 Å². The van der Waals surface area contributed by atoms with Crippen LogP contribution in [0.2, 0.25) is 0 Å². The van der Waals surface area contributed by atoms with Crippen LogP contribution in [0.1, 0.15) is 45.9 Å². The minimum Gasteiger partial charge on any atom is -0.177 e. The zero-order valence-electron chi connectivity index (χ0n) is 7.96. The summed E-state index contributed by atoms with van der Waals surface area (Å²) in [5, 5.41) is 14.0. The molecule has 0 saturated heterocycles. The number of tetrazole rings is 1. The summed E-state index contributed by atoms with van der Waals surface area (Å²) in [5.74, 6) is 0.816. The molecule has 0 saturated carbocycles. The van der Waals surface area contributed by atoms with E-state index in [4.69, 9.17) is 0 Å². The Kier molecular flexibility index (Phi) is 2.78. The second-order valence-electron chi connectivity index (χ2n) is 3.72. The maximum absolute atomic E-state index is 3.99. The van der Waals surface area contributed by atoms with E-state index < -0.39 is 0 Å². The van der Waals surface area contributed by atoms with Crippen LogP contribution in [0.25, 0.3) is 0 Å². The molecule has 0 amide bonds. The van der Waals surface area contributed by atoms with Gasteiger partial charge in [0.1, 0.15) is 0 Å². The first-order valence-corrected chi connectivity index (χ1v) is 4.41.